The zero-order valence-corrected chi connectivity index (χ0v) is 14.0. The zero-order valence-electron chi connectivity index (χ0n) is 13.3. The van der Waals surface area contributed by atoms with Gasteiger partial charge in [0.15, 0.2) is 5.43 Å². The number of fused-ring (bicyclic) bond motifs is 1. The molecule has 4 nitrogen and oxygen atoms in total. The van der Waals surface area contributed by atoms with Gasteiger partial charge in [0, 0.05) is 28.4 Å². The molecule has 0 saturated heterocycles. The number of rotatable bonds is 4. The normalized spacial score (nSPS) is 10.8. The van der Waals surface area contributed by atoms with Crippen molar-refractivity contribution in [1.82, 2.24) is 4.57 Å². The van der Waals surface area contributed by atoms with E-state index in [1.807, 2.05) is 24.3 Å². The number of nitrogens with zero attached hydrogens (tertiary/aromatic N) is 1. The van der Waals surface area contributed by atoms with Crippen molar-refractivity contribution in [3.63, 3.8) is 0 Å². The summed E-state index contributed by atoms with van der Waals surface area (Å²) in [5.41, 5.74) is 2.52. The Bertz CT molecular complexity index is 946. The summed E-state index contributed by atoms with van der Waals surface area (Å²) in [6.07, 6.45) is 2.57. The molecule has 122 valence electrons. The number of pyridine rings is 1. The maximum atomic E-state index is 12.3. The Morgan fingerprint density at radius 2 is 1.88 bits per heavy atom. The first kappa shape index (κ1) is 16.3. The van der Waals surface area contributed by atoms with E-state index in [-0.39, 0.29) is 17.9 Å². The summed E-state index contributed by atoms with van der Waals surface area (Å²) in [5.74, 6) is -0.163. The van der Waals surface area contributed by atoms with Crippen molar-refractivity contribution < 1.29 is 4.79 Å². The average Bonchev–Trinajstić information content (AvgIpc) is 2.58. The average molecular weight is 341 g/mol. The van der Waals surface area contributed by atoms with E-state index in [0.29, 0.717) is 15.9 Å². The molecule has 0 aliphatic carbocycles. The Morgan fingerprint density at radius 1 is 1.12 bits per heavy atom. The summed E-state index contributed by atoms with van der Waals surface area (Å²) in [4.78, 5) is 24.2. The molecule has 0 aliphatic heterocycles. The van der Waals surface area contributed by atoms with Gasteiger partial charge in [0.2, 0.25) is 5.91 Å². The molecule has 1 N–H and O–H groups in total. The van der Waals surface area contributed by atoms with E-state index in [4.69, 9.17) is 11.6 Å². The Morgan fingerprint density at radius 3 is 2.58 bits per heavy atom. The molecule has 3 rings (SSSR count). The summed E-state index contributed by atoms with van der Waals surface area (Å²) >= 11 is 6.02. The van der Waals surface area contributed by atoms with Crippen LogP contribution in [0.4, 0.5) is 5.69 Å². The number of nitrogens with one attached hydrogen (secondary N) is 1. The minimum Gasteiger partial charge on any atom is -0.338 e. The van der Waals surface area contributed by atoms with Crippen LogP contribution in [-0.2, 0) is 17.8 Å². The molecule has 1 aromatic heterocycles. The Labute approximate surface area is 144 Å². The number of hydrogen-bond acceptors (Lipinski definition) is 2. The van der Waals surface area contributed by atoms with Crippen molar-refractivity contribution in [2.45, 2.75) is 19.9 Å². The number of anilines is 1. The molecule has 0 radical (unpaired) electrons. The summed E-state index contributed by atoms with van der Waals surface area (Å²) in [7, 11) is 0. The molecule has 0 saturated carbocycles. The van der Waals surface area contributed by atoms with Crippen LogP contribution in [0.5, 0.6) is 0 Å². The highest BCUT2D eigenvalue weighted by Crippen LogP contribution is 2.17. The molecule has 0 bridgehead atoms. The number of amides is 1. The minimum atomic E-state index is -0.163. The smallest absolute Gasteiger partial charge is 0.244 e. The predicted octanol–water partition coefficient (Wildman–Crippen LogP) is 3.86. The zero-order chi connectivity index (χ0) is 17.1. The third-order valence-electron chi connectivity index (χ3n) is 3.90. The first-order valence-corrected chi connectivity index (χ1v) is 8.12. The molecular weight excluding hydrogens is 324 g/mol. The third kappa shape index (κ3) is 3.49. The molecule has 0 aliphatic rings. The van der Waals surface area contributed by atoms with E-state index in [1.54, 1.807) is 29.0 Å². The van der Waals surface area contributed by atoms with Crippen molar-refractivity contribution in [1.29, 1.82) is 0 Å². The van der Waals surface area contributed by atoms with Crippen LogP contribution in [0, 0.1) is 0 Å². The van der Waals surface area contributed by atoms with Gasteiger partial charge in [0.05, 0.1) is 5.52 Å². The van der Waals surface area contributed by atoms with Gasteiger partial charge in [-0.15, -0.1) is 0 Å². The number of aryl methyl sites for hydroxylation is 1. The van der Waals surface area contributed by atoms with Crippen molar-refractivity contribution in [3.8, 4) is 0 Å². The van der Waals surface area contributed by atoms with Crippen molar-refractivity contribution in [2.24, 2.45) is 0 Å². The molecule has 24 heavy (non-hydrogen) atoms. The van der Waals surface area contributed by atoms with Crippen LogP contribution in [0.1, 0.15) is 12.5 Å². The van der Waals surface area contributed by atoms with Gasteiger partial charge in [-0.25, -0.2) is 0 Å². The number of halogens is 1. The van der Waals surface area contributed by atoms with Crippen LogP contribution >= 0.6 is 11.6 Å². The largest absolute Gasteiger partial charge is 0.338 e. The second-order valence-electron chi connectivity index (χ2n) is 5.57. The fourth-order valence-corrected chi connectivity index (χ4v) is 2.76. The second kappa shape index (κ2) is 6.89. The number of aromatic nitrogens is 1. The lowest BCUT2D eigenvalue weighted by atomic mass is 10.1. The van der Waals surface area contributed by atoms with Gasteiger partial charge in [-0.05, 0) is 42.3 Å². The lowest BCUT2D eigenvalue weighted by molar-refractivity contribution is -0.116. The minimum absolute atomic E-state index is 0.0894. The van der Waals surface area contributed by atoms with Crippen LogP contribution in [-0.4, -0.2) is 10.5 Å². The van der Waals surface area contributed by atoms with Gasteiger partial charge in [0.1, 0.15) is 6.54 Å². The monoisotopic (exact) mass is 340 g/mol. The summed E-state index contributed by atoms with van der Waals surface area (Å²) in [5, 5.41) is 3.93. The van der Waals surface area contributed by atoms with Crippen molar-refractivity contribution in [3.05, 3.63) is 75.5 Å². The number of benzene rings is 2. The molecule has 0 unspecified atom stereocenters. The topological polar surface area (TPSA) is 51.1 Å². The predicted molar refractivity (Wildman–Crippen MR) is 97.7 cm³/mol. The summed E-state index contributed by atoms with van der Waals surface area (Å²) in [6, 6.07) is 14.3. The van der Waals surface area contributed by atoms with E-state index in [0.717, 1.165) is 12.1 Å². The van der Waals surface area contributed by atoms with Gasteiger partial charge in [-0.1, -0.05) is 30.7 Å². The Hall–Kier alpha value is -2.59. The Kier molecular flexibility index (Phi) is 4.67. The van der Waals surface area contributed by atoms with Crippen LogP contribution in [0.15, 0.2) is 59.5 Å². The maximum Gasteiger partial charge on any atom is 0.244 e. The van der Waals surface area contributed by atoms with Gasteiger partial charge < -0.3 is 9.88 Å². The van der Waals surface area contributed by atoms with Crippen molar-refractivity contribution >= 4 is 34.1 Å². The van der Waals surface area contributed by atoms with Crippen LogP contribution in [0.25, 0.3) is 10.9 Å². The van der Waals surface area contributed by atoms with Gasteiger partial charge >= 0.3 is 0 Å². The van der Waals surface area contributed by atoms with Gasteiger partial charge in [-0.3, -0.25) is 9.59 Å². The third-order valence-corrected chi connectivity index (χ3v) is 4.14. The van der Waals surface area contributed by atoms with E-state index >= 15 is 0 Å². The van der Waals surface area contributed by atoms with Crippen molar-refractivity contribution in [2.75, 3.05) is 5.32 Å². The number of carbonyl (C=O) groups excluding carboxylic acids is 1. The maximum absolute atomic E-state index is 12.3. The highest BCUT2D eigenvalue weighted by atomic mass is 35.5. The highest BCUT2D eigenvalue weighted by molar-refractivity contribution is 6.31. The lowest BCUT2D eigenvalue weighted by Gasteiger charge is -2.11. The standard InChI is InChI=1S/C19H17ClN2O2/c1-2-13-3-6-15(7-4-13)21-19(24)12-22-10-9-18(23)16-8-5-14(20)11-17(16)22/h3-11H,2,12H2,1H3,(H,21,24). The second-order valence-corrected chi connectivity index (χ2v) is 6.00. The molecule has 0 spiro atoms. The Balaban J connectivity index is 1.83. The van der Waals surface area contributed by atoms with E-state index in [2.05, 4.69) is 12.2 Å². The van der Waals surface area contributed by atoms with Gasteiger partial charge in [-0.2, -0.15) is 0 Å². The summed E-state index contributed by atoms with van der Waals surface area (Å²) in [6.45, 7) is 2.19. The van der Waals surface area contributed by atoms with E-state index in [1.165, 1.54) is 11.6 Å². The molecule has 1 heterocycles. The molecule has 2 aromatic carbocycles. The highest BCUT2D eigenvalue weighted by Gasteiger charge is 2.08. The first-order valence-electron chi connectivity index (χ1n) is 7.74. The van der Waals surface area contributed by atoms with Crippen LogP contribution in [0.3, 0.4) is 0 Å². The first-order chi connectivity index (χ1) is 11.6. The molecule has 1 amide bonds. The summed E-state index contributed by atoms with van der Waals surface area (Å²) < 4.78 is 1.72. The fourth-order valence-electron chi connectivity index (χ4n) is 2.60. The fraction of sp³-hybridized carbons (Fsp3) is 0.158. The quantitative estimate of drug-likeness (QED) is 0.784. The van der Waals surface area contributed by atoms with E-state index < -0.39 is 0 Å². The SMILES string of the molecule is CCc1ccc(NC(=O)Cn2ccc(=O)c3ccc(Cl)cc32)cc1. The molecule has 0 fully saturated rings. The molecule has 0 atom stereocenters. The lowest BCUT2D eigenvalue weighted by Crippen LogP contribution is -2.20. The molecular formula is C19H17ClN2O2. The van der Waals surface area contributed by atoms with Crippen LogP contribution in [0.2, 0.25) is 5.02 Å². The molecule has 5 heteroatoms. The molecule has 3 aromatic rings. The number of carbonyl (C=O) groups is 1. The van der Waals surface area contributed by atoms with Crippen LogP contribution < -0.4 is 10.7 Å². The van der Waals surface area contributed by atoms with Gasteiger partial charge in [0.25, 0.3) is 0 Å². The number of hydrogen-bond donors (Lipinski definition) is 1. The van der Waals surface area contributed by atoms with E-state index in [9.17, 15) is 9.59 Å².